The van der Waals surface area contributed by atoms with Gasteiger partial charge in [-0.2, -0.15) is 0 Å². The quantitative estimate of drug-likeness (QED) is 0.372. The lowest BCUT2D eigenvalue weighted by molar-refractivity contribution is 0.102. The third kappa shape index (κ3) is 3.48. The van der Waals surface area contributed by atoms with Crippen molar-refractivity contribution in [3.8, 4) is 11.4 Å². The number of aromatic nitrogens is 3. The minimum absolute atomic E-state index is 0.0150. The molecule has 0 spiro atoms. The number of benzene rings is 3. The van der Waals surface area contributed by atoms with Gasteiger partial charge in [-0.1, -0.05) is 60.3 Å². The normalized spacial score (nSPS) is 11.0. The van der Waals surface area contributed by atoms with Crippen molar-refractivity contribution in [2.45, 2.75) is 5.16 Å². The van der Waals surface area contributed by atoms with Crippen LogP contribution in [0.1, 0.15) is 10.4 Å². The highest BCUT2D eigenvalue weighted by Gasteiger charge is 2.16. The summed E-state index contributed by atoms with van der Waals surface area (Å²) in [5, 5.41) is 10.9. The molecule has 0 saturated heterocycles. The SMILES string of the molecule is Cn1c(SCC(=O)c2ccc3ccccc3c2)nnc1-c1ccccc1F. The van der Waals surface area contributed by atoms with E-state index in [-0.39, 0.29) is 17.4 Å². The predicted octanol–water partition coefficient (Wildman–Crippen LogP) is 4.75. The maximum atomic E-state index is 14.0. The number of carbonyl (C=O) groups is 1. The summed E-state index contributed by atoms with van der Waals surface area (Å²) in [6, 6.07) is 20.1. The van der Waals surface area contributed by atoms with Gasteiger partial charge in [-0.25, -0.2) is 4.39 Å². The standard InChI is InChI=1S/C21H16FN3OS/c1-25-20(17-8-4-5-9-18(17)22)23-24-21(25)27-13-19(26)16-11-10-14-6-2-3-7-15(14)12-16/h2-12H,13H2,1H3. The van der Waals surface area contributed by atoms with Gasteiger partial charge in [-0.15, -0.1) is 10.2 Å². The zero-order chi connectivity index (χ0) is 18.8. The molecule has 134 valence electrons. The van der Waals surface area contributed by atoms with Gasteiger partial charge in [0.15, 0.2) is 16.8 Å². The second kappa shape index (κ2) is 7.32. The topological polar surface area (TPSA) is 47.8 Å². The molecule has 0 N–H and O–H groups in total. The summed E-state index contributed by atoms with van der Waals surface area (Å²) in [7, 11) is 1.77. The molecular weight excluding hydrogens is 361 g/mol. The predicted molar refractivity (Wildman–Crippen MR) is 105 cm³/mol. The zero-order valence-corrected chi connectivity index (χ0v) is 15.4. The number of ketones is 1. The third-order valence-electron chi connectivity index (χ3n) is 4.35. The Morgan fingerprint density at radius 2 is 1.74 bits per heavy atom. The molecule has 6 heteroatoms. The summed E-state index contributed by atoms with van der Waals surface area (Å²) in [6.45, 7) is 0. The first-order valence-corrected chi connectivity index (χ1v) is 9.41. The van der Waals surface area contributed by atoms with Crippen molar-refractivity contribution in [2.24, 2.45) is 7.05 Å². The molecule has 0 aliphatic carbocycles. The molecule has 0 fully saturated rings. The van der Waals surface area contributed by atoms with Crippen LogP contribution in [0.15, 0.2) is 71.9 Å². The molecule has 0 saturated carbocycles. The van der Waals surface area contributed by atoms with Crippen molar-refractivity contribution in [1.82, 2.24) is 14.8 Å². The van der Waals surface area contributed by atoms with Crippen LogP contribution in [0.25, 0.3) is 22.2 Å². The highest BCUT2D eigenvalue weighted by atomic mass is 32.2. The van der Waals surface area contributed by atoms with E-state index < -0.39 is 0 Å². The Morgan fingerprint density at radius 3 is 2.56 bits per heavy atom. The second-order valence-electron chi connectivity index (χ2n) is 6.12. The van der Waals surface area contributed by atoms with E-state index in [0.29, 0.717) is 22.1 Å². The Hall–Kier alpha value is -2.99. The minimum atomic E-state index is -0.350. The van der Waals surface area contributed by atoms with Crippen LogP contribution in [0.4, 0.5) is 4.39 Å². The van der Waals surface area contributed by atoms with E-state index >= 15 is 0 Å². The maximum Gasteiger partial charge on any atom is 0.191 e. The molecule has 1 heterocycles. The Morgan fingerprint density at radius 1 is 1.00 bits per heavy atom. The van der Waals surface area contributed by atoms with Gasteiger partial charge < -0.3 is 4.57 Å². The summed E-state index contributed by atoms with van der Waals surface area (Å²) < 4.78 is 15.7. The average Bonchev–Trinajstić information content (AvgIpc) is 3.06. The Kier molecular flexibility index (Phi) is 4.73. The fourth-order valence-corrected chi connectivity index (χ4v) is 3.70. The number of halogens is 1. The van der Waals surface area contributed by atoms with Crippen molar-refractivity contribution >= 4 is 28.3 Å². The first kappa shape index (κ1) is 17.4. The zero-order valence-electron chi connectivity index (χ0n) is 14.6. The lowest BCUT2D eigenvalue weighted by Crippen LogP contribution is -2.04. The summed E-state index contributed by atoms with van der Waals surface area (Å²) in [5.74, 6) is 0.341. The van der Waals surface area contributed by atoms with E-state index in [9.17, 15) is 9.18 Å². The lowest BCUT2D eigenvalue weighted by Gasteiger charge is -2.05. The Bertz CT molecular complexity index is 1140. The van der Waals surface area contributed by atoms with E-state index in [1.165, 1.54) is 17.8 Å². The maximum absolute atomic E-state index is 14.0. The number of hydrogen-bond donors (Lipinski definition) is 0. The molecule has 3 aromatic carbocycles. The van der Waals surface area contributed by atoms with Crippen LogP contribution in [0.3, 0.4) is 0 Å². The van der Waals surface area contributed by atoms with E-state index in [4.69, 9.17) is 0 Å². The number of carbonyl (C=O) groups excluding carboxylic acids is 1. The van der Waals surface area contributed by atoms with Gasteiger partial charge in [0.05, 0.1) is 11.3 Å². The molecule has 0 atom stereocenters. The van der Waals surface area contributed by atoms with E-state index in [1.54, 1.807) is 29.8 Å². The molecule has 0 aliphatic heterocycles. The Balaban J connectivity index is 1.51. The van der Waals surface area contributed by atoms with Crippen molar-refractivity contribution in [1.29, 1.82) is 0 Å². The van der Waals surface area contributed by atoms with Gasteiger partial charge in [0.1, 0.15) is 5.82 Å². The molecule has 0 bridgehead atoms. The number of nitrogens with zero attached hydrogens (tertiary/aromatic N) is 3. The largest absolute Gasteiger partial charge is 0.305 e. The first-order chi connectivity index (χ1) is 13.1. The molecule has 0 unspecified atom stereocenters. The molecule has 0 amide bonds. The summed E-state index contributed by atoms with van der Waals surface area (Å²) in [6.07, 6.45) is 0. The summed E-state index contributed by atoms with van der Waals surface area (Å²) >= 11 is 1.29. The Labute approximate surface area is 160 Å². The molecule has 4 aromatic rings. The molecular formula is C21H16FN3OS. The number of rotatable bonds is 5. The van der Waals surface area contributed by atoms with Gasteiger partial charge in [-0.05, 0) is 29.0 Å². The second-order valence-corrected chi connectivity index (χ2v) is 7.06. The van der Waals surface area contributed by atoms with Crippen LogP contribution in [0, 0.1) is 5.82 Å². The minimum Gasteiger partial charge on any atom is -0.305 e. The van der Waals surface area contributed by atoms with E-state index in [2.05, 4.69) is 10.2 Å². The van der Waals surface area contributed by atoms with Gasteiger partial charge in [0.25, 0.3) is 0 Å². The molecule has 1 aromatic heterocycles. The molecule has 27 heavy (non-hydrogen) atoms. The fraction of sp³-hybridized carbons (Fsp3) is 0.0952. The van der Waals surface area contributed by atoms with Gasteiger partial charge in [0.2, 0.25) is 0 Å². The van der Waals surface area contributed by atoms with Gasteiger partial charge in [0, 0.05) is 12.6 Å². The van der Waals surface area contributed by atoms with E-state index in [1.807, 2.05) is 42.5 Å². The monoisotopic (exact) mass is 377 g/mol. The number of fused-ring (bicyclic) bond motifs is 1. The highest BCUT2D eigenvalue weighted by molar-refractivity contribution is 7.99. The summed E-state index contributed by atoms with van der Waals surface area (Å²) in [5.41, 5.74) is 1.05. The van der Waals surface area contributed by atoms with Crippen LogP contribution in [0.5, 0.6) is 0 Å². The molecule has 4 rings (SSSR count). The lowest BCUT2D eigenvalue weighted by atomic mass is 10.1. The highest BCUT2D eigenvalue weighted by Crippen LogP contribution is 2.25. The van der Waals surface area contributed by atoms with Crippen LogP contribution in [0.2, 0.25) is 0 Å². The molecule has 0 aliphatic rings. The van der Waals surface area contributed by atoms with Crippen LogP contribution in [-0.4, -0.2) is 26.3 Å². The first-order valence-electron chi connectivity index (χ1n) is 8.42. The summed E-state index contributed by atoms with van der Waals surface area (Å²) in [4.78, 5) is 12.6. The number of hydrogen-bond acceptors (Lipinski definition) is 4. The smallest absolute Gasteiger partial charge is 0.191 e. The van der Waals surface area contributed by atoms with Crippen LogP contribution >= 0.6 is 11.8 Å². The van der Waals surface area contributed by atoms with Crippen molar-refractivity contribution < 1.29 is 9.18 Å². The molecule has 4 nitrogen and oxygen atoms in total. The van der Waals surface area contributed by atoms with E-state index in [0.717, 1.165) is 10.8 Å². The van der Waals surface area contributed by atoms with Gasteiger partial charge in [-0.3, -0.25) is 4.79 Å². The number of Topliss-reactive ketones (excluding diaryl/α,β-unsaturated/α-hetero) is 1. The van der Waals surface area contributed by atoms with Crippen molar-refractivity contribution in [2.75, 3.05) is 5.75 Å². The van der Waals surface area contributed by atoms with Crippen molar-refractivity contribution in [3.05, 3.63) is 78.1 Å². The van der Waals surface area contributed by atoms with Gasteiger partial charge >= 0.3 is 0 Å². The average molecular weight is 377 g/mol. The van der Waals surface area contributed by atoms with Crippen LogP contribution in [-0.2, 0) is 7.05 Å². The molecule has 0 radical (unpaired) electrons. The number of thioether (sulfide) groups is 1. The van der Waals surface area contributed by atoms with Crippen LogP contribution < -0.4 is 0 Å². The fourth-order valence-electron chi connectivity index (χ4n) is 2.89. The van der Waals surface area contributed by atoms with Crippen molar-refractivity contribution in [3.63, 3.8) is 0 Å². The third-order valence-corrected chi connectivity index (χ3v) is 5.37.